The van der Waals surface area contributed by atoms with Crippen LogP contribution >= 0.6 is 0 Å². The number of hydrogen-bond acceptors (Lipinski definition) is 5. The highest BCUT2D eigenvalue weighted by Gasteiger charge is 2.28. The summed E-state index contributed by atoms with van der Waals surface area (Å²) < 4.78 is 3.31. The number of hydrogen-bond donors (Lipinski definition) is 2. The molecule has 0 radical (unpaired) electrons. The van der Waals surface area contributed by atoms with Crippen LogP contribution in [0.4, 0.5) is 0 Å². The largest absolute Gasteiger partial charge is 0.385 e. The van der Waals surface area contributed by atoms with E-state index in [4.69, 9.17) is 0 Å². The summed E-state index contributed by atoms with van der Waals surface area (Å²) in [5, 5.41) is 13.4. The Morgan fingerprint density at radius 3 is 2.92 bits per heavy atom. The maximum Gasteiger partial charge on any atom is 0.272 e. The standard InChI is InChI=1S/C17H22N6O2/c1-21-9-6-18-17(21)16(25)12-3-7-22(8-4-12)11-13-10-15(24)23-14(20-13)2-5-19-23/h2,5-6,9-10,12,16,19,25H,3-4,7-8,11H2,1H3. The minimum atomic E-state index is -0.527. The van der Waals surface area contributed by atoms with Crippen LogP contribution in [-0.2, 0) is 13.6 Å². The molecular weight excluding hydrogens is 320 g/mol. The monoisotopic (exact) mass is 342 g/mol. The van der Waals surface area contributed by atoms with Crippen LogP contribution in [0.15, 0.2) is 35.5 Å². The molecule has 8 nitrogen and oxygen atoms in total. The molecule has 3 aromatic heterocycles. The zero-order valence-electron chi connectivity index (χ0n) is 14.2. The van der Waals surface area contributed by atoms with E-state index in [9.17, 15) is 9.90 Å². The van der Waals surface area contributed by atoms with Crippen LogP contribution in [0.5, 0.6) is 0 Å². The summed E-state index contributed by atoms with van der Waals surface area (Å²) in [6.07, 6.45) is 6.56. The quantitative estimate of drug-likeness (QED) is 0.728. The molecule has 4 heterocycles. The number of aliphatic hydroxyl groups excluding tert-OH is 1. The van der Waals surface area contributed by atoms with E-state index in [0.717, 1.165) is 37.4 Å². The Labute approximate surface area is 144 Å². The number of aliphatic hydroxyl groups is 1. The van der Waals surface area contributed by atoms with Gasteiger partial charge < -0.3 is 9.67 Å². The van der Waals surface area contributed by atoms with Crippen LogP contribution in [0.25, 0.3) is 5.65 Å². The second-order valence-electron chi connectivity index (χ2n) is 6.70. The van der Waals surface area contributed by atoms with Gasteiger partial charge in [-0.3, -0.25) is 14.8 Å². The molecule has 4 rings (SSSR count). The maximum absolute atomic E-state index is 12.0. The van der Waals surface area contributed by atoms with Crippen LogP contribution in [0.3, 0.4) is 0 Å². The lowest BCUT2D eigenvalue weighted by atomic mass is 9.90. The van der Waals surface area contributed by atoms with Crippen LogP contribution in [0.1, 0.15) is 30.5 Å². The summed E-state index contributed by atoms with van der Waals surface area (Å²) in [7, 11) is 1.90. The number of H-pyrrole nitrogens is 1. The number of aryl methyl sites for hydroxylation is 1. The molecule has 1 unspecified atom stereocenters. The molecule has 0 saturated carbocycles. The van der Waals surface area contributed by atoms with Crippen LogP contribution in [-0.4, -0.2) is 47.2 Å². The van der Waals surface area contributed by atoms with Gasteiger partial charge in [-0.1, -0.05) is 0 Å². The molecule has 1 fully saturated rings. The molecule has 1 aliphatic rings. The molecule has 0 bridgehead atoms. The second kappa shape index (κ2) is 6.45. The van der Waals surface area contributed by atoms with Crippen molar-refractivity contribution in [2.75, 3.05) is 13.1 Å². The number of nitrogens with zero attached hydrogens (tertiary/aromatic N) is 5. The van der Waals surface area contributed by atoms with Gasteiger partial charge >= 0.3 is 0 Å². The van der Waals surface area contributed by atoms with Crippen molar-refractivity contribution in [1.29, 1.82) is 0 Å². The van der Waals surface area contributed by atoms with Crippen LogP contribution in [0, 0.1) is 5.92 Å². The van der Waals surface area contributed by atoms with E-state index in [1.165, 1.54) is 4.52 Å². The smallest absolute Gasteiger partial charge is 0.272 e. The van der Waals surface area contributed by atoms with Gasteiger partial charge in [0.25, 0.3) is 5.56 Å². The summed E-state index contributed by atoms with van der Waals surface area (Å²) in [6.45, 7) is 2.41. The Balaban J connectivity index is 1.40. The minimum absolute atomic E-state index is 0.0925. The number of rotatable bonds is 4. The number of aromatic amines is 1. The highest BCUT2D eigenvalue weighted by Crippen LogP contribution is 2.30. The summed E-state index contributed by atoms with van der Waals surface area (Å²) in [5.41, 5.74) is 1.33. The number of likely N-dealkylation sites (tertiary alicyclic amines) is 1. The number of aromatic nitrogens is 5. The normalized spacial score (nSPS) is 18.0. The van der Waals surface area contributed by atoms with Crippen molar-refractivity contribution in [1.82, 2.24) is 29.0 Å². The molecule has 0 aromatic carbocycles. The van der Waals surface area contributed by atoms with E-state index in [-0.39, 0.29) is 11.5 Å². The van der Waals surface area contributed by atoms with Gasteiger partial charge in [0, 0.05) is 44.3 Å². The maximum atomic E-state index is 12.0. The zero-order chi connectivity index (χ0) is 17.4. The first-order valence-electron chi connectivity index (χ1n) is 8.55. The summed E-state index contributed by atoms with van der Waals surface area (Å²) in [4.78, 5) is 23.1. The fraction of sp³-hybridized carbons (Fsp3) is 0.471. The Kier molecular flexibility index (Phi) is 4.14. The average molecular weight is 342 g/mol. The highest BCUT2D eigenvalue weighted by atomic mass is 16.3. The van der Waals surface area contributed by atoms with Crippen molar-refractivity contribution in [2.24, 2.45) is 13.0 Å². The van der Waals surface area contributed by atoms with E-state index in [2.05, 4.69) is 20.0 Å². The molecule has 3 aromatic rings. The van der Waals surface area contributed by atoms with Gasteiger partial charge in [0.2, 0.25) is 0 Å². The predicted molar refractivity (Wildman–Crippen MR) is 92.0 cm³/mol. The first kappa shape index (κ1) is 16.0. The first-order valence-corrected chi connectivity index (χ1v) is 8.55. The topological polar surface area (TPSA) is 91.5 Å². The van der Waals surface area contributed by atoms with Gasteiger partial charge in [-0.15, -0.1) is 0 Å². The van der Waals surface area contributed by atoms with Crippen molar-refractivity contribution >= 4 is 5.65 Å². The molecule has 1 aliphatic heterocycles. The lowest BCUT2D eigenvalue weighted by Gasteiger charge is -2.33. The molecule has 132 valence electrons. The van der Waals surface area contributed by atoms with E-state index in [1.807, 2.05) is 17.8 Å². The number of fused-ring (bicyclic) bond motifs is 1. The number of piperidine rings is 1. The van der Waals surface area contributed by atoms with E-state index < -0.39 is 6.10 Å². The summed E-state index contributed by atoms with van der Waals surface area (Å²) in [5.74, 6) is 0.939. The van der Waals surface area contributed by atoms with Crippen molar-refractivity contribution in [3.63, 3.8) is 0 Å². The molecule has 0 spiro atoms. The van der Waals surface area contributed by atoms with E-state index in [1.54, 1.807) is 24.5 Å². The lowest BCUT2D eigenvalue weighted by molar-refractivity contribution is 0.0489. The van der Waals surface area contributed by atoms with E-state index >= 15 is 0 Å². The zero-order valence-corrected chi connectivity index (χ0v) is 14.2. The Morgan fingerprint density at radius 2 is 2.20 bits per heavy atom. The number of nitrogens with one attached hydrogen (secondary N) is 1. The lowest BCUT2D eigenvalue weighted by Crippen LogP contribution is -2.36. The van der Waals surface area contributed by atoms with E-state index in [0.29, 0.717) is 12.2 Å². The number of imidazole rings is 1. The van der Waals surface area contributed by atoms with Gasteiger partial charge in [-0.25, -0.2) is 14.5 Å². The molecule has 2 N–H and O–H groups in total. The van der Waals surface area contributed by atoms with Gasteiger partial charge in [0.15, 0.2) is 5.65 Å². The first-order chi connectivity index (χ1) is 12.1. The van der Waals surface area contributed by atoms with Crippen LogP contribution < -0.4 is 5.56 Å². The van der Waals surface area contributed by atoms with Gasteiger partial charge in [0.1, 0.15) is 11.9 Å². The summed E-state index contributed by atoms with van der Waals surface area (Å²) >= 11 is 0. The van der Waals surface area contributed by atoms with Gasteiger partial charge in [-0.2, -0.15) is 0 Å². The molecule has 0 aliphatic carbocycles. The third-order valence-electron chi connectivity index (χ3n) is 5.02. The molecule has 1 saturated heterocycles. The average Bonchev–Trinajstić information content (AvgIpc) is 3.24. The Bertz CT molecular complexity index is 919. The second-order valence-corrected chi connectivity index (χ2v) is 6.70. The molecular formula is C17H22N6O2. The van der Waals surface area contributed by atoms with Crippen molar-refractivity contribution in [2.45, 2.75) is 25.5 Å². The predicted octanol–water partition coefficient (Wildman–Crippen LogP) is 0.702. The Morgan fingerprint density at radius 1 is 1.40 bits per heavy atom. The Hall–Kier alpha value is -2.45. The van der Waals surface area contributed by atoms with Crippen LogP contribution in [0.2, 0.25) is 0 Å². The van der Waals surface area contributed by atoms with Gasteiger partial charge in [0.05, 0.1) is 5.69 Å². The fourth-order valence-corrected chi connectivity index (χ4v) is 3.59. The molecule has 8 heteroatoms. The SMILES string of the molecule is Cn1ccnc1C(O)C1CCN(Cc2cc(=O)n3[nH]ccc3n2)CC1. The fourth-order valence-electron chi connectivity index (χ4n) is 3.59. The van der Waals surface area contributed by atoms with Crippen molar-refractivity contribution in [3.8, 4) is 0 Å². The molecule has 1 atom stereocenters. The summed E-state index contributed by atoms with van der Waals surface area (Å²) in [6, 6.07) is 3.37. The molecule has 25 heavy (non-hydrogen) atoms. The highest BCUT2D eigenvalue weighted by molar-refractivity contribution is 5.36. The third kappa shape index (κ3) is 3.10. The molecule has 0 amide bonds. The minimum Gasteiger partial charge on any atom is -0.385 e. The van der Waals surface area contributed by atoms with Crippen molar-refractivity contribution in [3.05, 3.63) is 52.6 Å². The van der Waals surface area contributed by atoms with Crippen molar-refractivity contribution < 1.29 is 5.11 Å². The third-order valence-corrected chi connectivity index (χ3v) is 5.02. The van der Waals surface area contributed by atoms with Gasteiger partial charge in [-0.05, 0) is 31.8 Å².